The van der Waals surface area contributed by atoms with Crippen LogP contribution in [0, 0.1) is 0 Å². The first kappa shape index (κ1) is 82.4. The van der Waals surface area contributed by atoms with Crippen molar-refractivity contribution < 1.29 is 75.8 Å². The van der Waals surface area contributed by atoms with E-state index in [0.717, 1.165) is 148 Å². The van der Waals surface area contributed by atoms with Gasteiger partial charge in [-0.3, -0.25) is 32.5 Å². The van der Waals surface area contributed by atoms with Crippen molar-refractivity contribution in [2.75, 3.05) is 39.6 Å². The Balaban J connectivity index is 4.72. The molecule has 0 saturated carbocycles. The van der Waals surface area contributed by atoms with Crippen molar-refractivity contribution in [1.82, 2.24) is 0 Å². The normalized spacial score (nSPS) is 15.3. The van der Waals surface area contributed by atoms with E-state index in [1.54, 1.807) is 0 Å². The monoisotopic (exact) mass is 1260 g/mol. The number of aliphatic hydroxyl groups is 2. The number of rotatable bonds is 59. The van der Waals surface area contributed by atoms with Gasteiger partial charge in [-0.15, -0.1) is 0 Å². The molecule has 0 fully saturated rings. The molecule has 5 atom stereocenters. The van der Waals surface area contributed by atoms with Gasteiger partial charge in [-0.1, -0.05) is 212 Å². The van der Waals surface area contributed by atoms with E-state index in [0.29, 0.717) is 25.7 Å². The molecule has 0 radical (unpaired) electrons. The molecule has 0 aromatic carbocycles. The van der Waals surface area contributed by atoms with Gasteiger partial charge in [0.1, 0.15) is 25.4 Å². The van der Waals surface area contributed by atoms with Crippen LogP contribution in [0.15, 0.2) is 146 Å². The van der Waals surface area contributed by atoms with Crippen LogP contribution < -0.4 is 0 Å². The maximum absolute atomic E-state index is 12.9. The summed E-state index contributed by atoms with van der Waals surface area (Å²) in [5.74, 6) is -1.69. The van der Waals surface area contributed by atoms with Gasteiger partial charge in [0.25, 0.3) is 0 Å². The van der Waals surface area contributed by atoms with Crippen LogP contribution in [0.4, 0.5) is 0 Å². The summed E-state index contributed by atoms with van der Waals surface area (Å²) in [6.45, 7) is 2.22. The maximum Gasteiger partial charge on any atom is 0.472 e. The van der Waals surface area contributed by atoms with E-state index in [4.69, 9.17) is 32.3 Å². The van der Waals surface area contributed by atoms with Gasteiger partial charge >= 0.3 is 33.6 Å². The van der Waals surface area contributed by atoms with Crippen LogP contribution in [-0.4, -0.2) is 95.9 Å². The fourth-order valence-electron chi connectivity index (χ4n) is 7.67. The molecule has 0 amide bonds. The SMILES string of the molecule is CC/C=C\C/C=C\C/C=C\C/C=C\C/C=C\CCCCCCCC(=O)OCC(O)COP(=O)(O)OCC(O)COP(=O)(O)OCC(COC(=O)CCC/C=C\C/C=C\C/C=C\C/C=C\C/C=C\CC)OC(=O)CCCCCCC/C=C\C/C=C\CCC. The molecule has 0 aromatic rings. The average Bonchev–Trinajstić information content (AvgIpc) is 3.69. The molecule has 87 heavy (non-hydrogen) atoms. The lowest BCUT2D eigenvalue weighted by atomic mass is 10.1. The zero-order valence-electron chi connectivity index (χ0n) is 53.1. The number of hydrogen-bond donors (Lipinski definition) is 4. The second-order valence-corrected chi connectivity index (χ2v) is 23.7. The van der Waals surface area contributed by atoms with Crippen molar-refractivity contribution in [3.8, 4) is 0 Å². The molecule has 0 aliphatic heterocycles. The third kappa shape index (κ3) is 62.8. The highest BCUT2D eigenvalue weighted by Crippen LogP contribution is 2.45. The first-order valence-corrected chi connectivity index (χ1v) is 35.1. The number of unbranched alkanes of at least 4 members (excludes halogenated alkanes) is 12. The molecule has 0 bridgehead atoms. The third-order valence-corrected chi connectivity index (χ3v) is 14.4. The van der Waals surface area contributed by atoms with Crippen LogP contribution in [0.3, 0.4) is 0 Å². The number of carbonyl (C=O) groups excluding carboxylic acids is 3. The molecule has 494 valence electrons. The van der Waals surface area contributed by atoms with Crippen molar-refractivity contribution in [3.05, 3.63) is 146 Å². The highest BCUT2D eigenvalue weighted by molar-refractivity contribution is 7.47. The average molecular weight is 1260 g/mol. The Morgan fingerprint density at radius 1 is 0.333 bits per heavy atom. The molecule has 0 aliphatic rings. The molecule has 0 spiro atoms. The van der Waals surface area contributed by atoms with E-state index in [2.05, 4.69) is 154 Å². The molecule has 0 heterocycles. The predicted octanol–water partition coefficient (Wildman–Crippen LogP) is 17.4. The Labute approximate surface area is 524 Å². The minimum Gasteiger partial charge on any atom is -0.463 e. The van der Waals surface area contributed by atoms with Crippen LogP contribution in [0.5, 0.6) is 0 Å². The molecular weight excluding hydrogens is 1150 g/mol. The number of phosphoric ester groups is 2. The van der Waals surface area contributed by atoms with Gasteiger partial charge in [-0.25, -0.2) is 9.13 Å². The lowest BCUT2D eigenvalue weighted by Crippen LogP contribution is -2.30. The van der Waals surface area contributed by atoms with E-state index in [1.807, 2.05) is 12.2 Å². The van der Waals surface area contributed by atoms with Crippen molar-refractivity contribution in [2.24, 2.45) is 0 Å². The first-order chi connectivity index (χ1) is 42.2. The highest BCUT2D eigenvalue weighted by Gasteiger charge is 2.29. The van der Waals surface area contributed by atoms with Crippen molar-refractivity contribution in [1.29, 1.82) is 0 Å². The summed E-state index contributed by atoms with van der Waals surface area (Å²) < 4.78 is 60.6. The quantitative estimate of drug-likeness (QED) is 0.0146. The fraction of sp³-hybridized carbons (Fsp3) is 0.609. The number of aliphatic hydroxyl groups excluding tert-OH is 2. The largest absolute Gasteiger partial charge is 0.472 e. The summed E-state index contributed by atoms with van der Waals surface area (Å²) in [7, 11) is -9.81. The molecule has 18 heteroatoms. The van der Waals surface area contributed by atoms with Crippen molar-refractivity contribution >= 4 is 33.6 Å². The van der Waals surface area contributed by atoms with Crippen LogP contribution in [0.25, 0.3) is 0 Å². The summed E-state index contributed by atoms with van der Waals surface area (Å²) in [6.07, 6.45) is 72.0. The van der Waals surface area contributed by atoms with Gasteiger partial charge in [0, 0.05) is 19.3 Å². The predicted molar refractivity (Wildman–Crippen MR) is 352 cm³/mol. The van der Waals surface area contributed by atoms with Gasteiger partial charge in [0.05, 0.1) is 26.4 Å². The number of allylic oxidation sites excluding steroid dienone is 24. The summed E-state index contributed by atoms with van der Waals surface area (Å²) in [5.41, 5.74) is 0. The summed E-state index contributed by atoms with van der Waals surface area (Å²) >= 11 is 0. The van der Waals surface area contributed by atoms with Gasteiger partial charge in [-0.05, 0) is 128 Å². The number of esters is 3. The van der Waals surface area contributed by atoms with E-state index in [-0.39, 0.29) is 19.3 Å². The van der Waals surface area contributed by atoms with Gasteiger partial charge in [0.15, 0.2) is 6.10 Å². The minimum absolute atomic E-state index is 0.0704. The van der Waals surface area contributed by atoms with Crippen molar-refractivity contribution in [3.63, 3.8) is 0 Å². The third-order valence-electron chi connectivity index (χ3n) is 12.5. The first-order valence-electron chi connectivity index (χ1n) is 32.1. The Kier molecular flexibility index (Phi) is 58.4. The molecule has 0 aromatic heterocycles. The number of carbonyl (C=O) groups is 3. The number of hydrogen-bond acceptors (Lipinski definition) is 14. The van der Waals surface area contributed by atoms with E-state index >= 15 is 0 Å². The van der Waals surface area contributed by atoms with Gasteiger partial charge in [-0.2, -0.15) is 0 Å². The molecule has 4 N–H and O–H groups in total. The van der Waals surface area contributed by atoms with Gasteiger partial charge < -0.3 is 34.2 Å². The summed E-state index contributed by atoms with van der Waals surface area (Å²) in [4.78, 5) is 58.2. The maximum atomic E-state index is 12.9. The van der Waals surface area contributed by atoms with Crippen molar-refractivity contribution in [2.45, 2.75) is 232 Å². The van der Waals surface area contributed by atoms with E-state index < -0.39 is 91.5 Å². The number of phosphoric acid groups is 2. The lowest BCUT2D eigenvalue weighted by Gasteiger charge is -2.21. The topological polar surface area (TPSA) is 231 Å². The van der Waals surface area contributed by atoms with Crippen LogP contribution in [-0.2, 0) is 55.8 Å². The second kappa shape index (κ2) is 61.7. The summed E-state index contributed by atoms with van der Waals surface area (Å²) in [5, 5.41) is 20.5. The molecule has 5 unspecified atom stereocenters. The molecule has 0 rings (SSSR count). The Morgan fingerprint density at radius 3 is 1.01 bits per heavy atom. The van der Waals surface area contributed by atoms with E-state index in [9.17, 15) is 43.5 Å². The van der Waals surface area contributed by atoms with Crippen LogP contribution in [0.1, 0.15) is 213 Å². The van der Waals surface area contributed by atoms with Gasteiger partial charge in [0.2, 0.25) is 0 Å². The second-order valence-electron chi connectivity index (χ2n) is 20.8. The molecular formula is C69H112O16P2. The zero-order valence-corrected chi connectivity index (χ0v) is 54.9. The lowest BCUT2D eigenvalue weighted by molar-refractivity contribution is -0.161. The summed E-state index contributed by atoms with van der Waals surface area (Å²) in [6, 6.07) is 0. The van der Waals surface area contributed by atoms with Crippen LogP contribution >= 0.6 is 15.6 Å². The molecule has 0 saturated heterocycles. The molecule has 16 nitrogen and oxygen atoms in total. The number of ether oxygens (including phenoxy) is 3. The fourth-order valence-corrected chi connectivity index (χ4v) is 9.25. The Morgan fingerprint density at radius 2 is 0.621 bits per heavy atom. The molecule has 0 aliphatic carbocycles. The van der Waals surface area contributed by atoms with Crippen LogP contribution in [0.2, 0.25) is 0 Å². The highest BCUT2D eigenvalue weighted by atomic mass is 31.2. The smallest absolute Gasteiger partial charge is 0.463 e. The Bertz CT molecular complexity index is 2170. The minimum atomic E-state index is -4.94. The standard InChI is InChI=1S/C69H112O16P2/c1-4-7-10-13-16-19-22-25-27-29-30-31-32-34-36-38-40-43-46-49-52-55-67(72)79-58-64(70)59-81-86(75,76)82-60-65(71)61-83-87(77,78)84-63-66(85-69(74)57-54-51-48-45-42-37-24-21-18-15-12-9-6-3)62-80-68(73)56-53-50-47-44-41-39-35-33-28-26-23-20-17-14-11-8-5-2/h7-8,10-12,15-17,19-21,24-28,30-31,34-36,39,44,47,64-66,70-71H,4-6,9,13-14,18,22-23,29,32-33,37-38,40-43,45-46,48-63H2,1-3H3,(H,75,76)(H,77,78)/b10-7-,11-8-,15-12-,19-16-,20-17-,24-21-,27-25-,28-26-,31-30-,36-34-,39-35-,47-44-. The van der Waals surface area contributed by atoms with E-state index in [1.165, 1.54) is 0 Å². The zero-order chi connectivity index (χ0) is 63.8. The Hall–Kier alpha value is -4.57.